The third-order valence-corrected chi connectivity index (χ3v) is 6.61. The SMILES string of the molecule is C(#Cc1cc2cccc3ccc4cccc1c4c32)c1cc2ccccc2c2ccccc12. The Morgan fingerprint density at radius 1 is 0.344 bits per heavy atom. The summed E-state index contributed by atoms with van der Waals surface area (Å²) < 4.78 is 0. The van der Waals surface area contributed by atoms with E-state index in [9.17, 15) is 0 Å². The van der Waals surface area contributed by atoms with Gasteiger partial charge in [-0.15, -0.1) is 0 Å². The van der Waals surface area contributed by atoms with Crippen LogP contribution in [0.5, 0.6) is 0 Å². The average Bonchev–Trinajstić information content (AvgIpc) is 2.86. The largest absolute Gasteiger partial charge is 0.0616 e. The molecule has 0 heterocycles. The minimum atomic E-state index is 1.07. The Bertz CT molecular complexity index is 1880. The molecular weight excluding hydrogens is 384 g/mol. The van der Waals surface area contributed by atoms with E-state index in [2.05, 4.69) is 121 Å². The third-order valence-electron chi connectivity index (χ3n) is 6.61. The van der Waals surface area contributed by atoms with Gasteiger partial charge in [0.25, 0.3) is 0 Å². The molecule has 7 aromatic carbocycles. The molecule has 0 nitrogen and oxygen atoms in total. The van der Waals surface area contributed by atoms with Gasteiger partial charge in [-0.05, 0) is 66.0 Å². The Hall–Kier alpha value is -4.34. The van der Waals surface area contributed by atoms with Crippen molar-refractivity contribution in [3.05, 3.63) is 120 Å². The van der Waals surface area contributed by atoms with Gasteiger partial charge in [-0.2, -0.15) is 0 Å². The number of hydrogen-bond acceptors (Lipinski definition) is 0. The van der Waals surface area contributed by atoms with E-state index in [0.717, 1.165) is 11.1 Å². The molecule has 0 fully saturated rings. The highest BCUT2D eigenvalue weighted by Gasteiger charge is 2.11. The standard InChI is InChI=1S/C32H18/c1-2-11-27-23(7-1)19-24(28-12-3-4-13-30(27)28)17-18-25-20-26-10-5-8-21-15-16-22-9-6-14-29(25)32(22)31(21)26/h1-16,19-20H. The molecule has 7 rings (SSSR count). The molecule has 0 saturated carbocycles. The van der Waals surface area contributed by atoms with Crippen LogP contribution in [0.15, 0.2) is 109 Å². The fraction of sp³-hybridized carbons (Fsp3) is 0. The molecule has 0 unspecified atom stereocenters. The van der Waals surface area contributed by atoms with Crippen LogP contribution in [0.3, 0.4) is 0 Å². The lowest BCUT2D eigenvalue weighted by Crippen LogP contribution is -1.88. The molecule has 146 valence electrons. The molecule has 0 heteroatoms. The van der Waals surface area contributed by atoms with Crippen molar-refractivity contribution < 1.29 is 0 Å². The van der Waals surface area contributed by atoms with Gasteiger partial charge in [0.15, 0.2) is 0 Å². The summed E-state index contributed by atoms with van der Waals surface area (Å²) in [7, 11) is 0. The zero-order valence-corrected chi connectivity index (χ0v) is 17.4. The van der Waals surface area contributed by atoms with E-state index in [1.165, 1.54) is 53.9 Å². The summed E-state index contributed by atoms with van der Waals surface area (Å²) in [5, 5.41) is 12.6. The molecule has 0 N–H and O–H groups in total. The summed E-state index contributed by atoms with van der Waals surface area (Å²) in [5.41, 5.74) is 2.16. The maximum absolute atomic E-state index is 3.55. The van der Waals surface area contributed by atoms with Crippen LogP contribution in [0.25, 0.3) is 53.9 Å². The lowest BCUT2D eigenvalue weighted by atomic mass is 9.91. The molecule has 0 aliphatic carbocycles. The number of rotatable bonds is 0. The van der Waals surface area contributed by atoms with E-state index in [-0.39, 0.29) is 0 Å². The Balaban J connectivity index is 1.54. The predicted molar refractivity (Wildman–Crippen MR) is 138 cm³/mol. The van der Waals surface area contributed by atoms with Crippen LogP contribution >= 0.6 is 0 Å². The van der Waals surface area contributed by atoms with Gasteiger partial charge in [0, 0.05) is 11.1 Å². The molecule has 0 atom stereocenters. The summed E-state index contributed by atoms with van der Waals surface area (Å²) in [6.07, 6.45) is 0. The van der Waals surface area contributed by atoms with Crippen molar-refractivity contribution in [1.29, 1.82) is 0 Å². The Morgan fingerprint density at radius 3 is 1.72 bits per heavy atom. The topological polar surface area (TPSA) is 0 Å². The molecule has 0 aliphatic heterocycles. The van der Waals surface area contributed by atoms with Crippen LogP contribution in [0.1, 0.15) is 11.1 Å². The van der Waals surface area contributed by atoms with Gasteiger partial charge in [0.05, 0.1) is 0 Å². The number of fused-ring (bicyclic) bond motifs is 3. The molecular formula is C32H18. The zero-order valence-electron chi connectivity index (χ0n) is 17.4. The average molecular weight is 402 g/mol. The summed E-state index contributed by atoms with van der Waals surface area (Å²) in [4.78, 5) is 0. The van der Waals surface area contributed by atoms with Gasteiger partial charge >= 0.3 is 0 Å². The summed E-state index contributed by atoms with van der Waals surface area (Å²) in [6, 6.07) is 39.1. The third kappa shape index (κ3) is 2.46. The van der Waals surface area contributed by atoms with Crippen LogP contribution in [0, 0.1) is 11.8 Å². The first-order chi connectivity index (χ1) is 15.9. The highest BCUT2D eigenvalue weighted by molar-refractivity contribution is 6.24. The van der Waals surface area contributed by atoms with Gasteiger partial charge in [0.1, 0.15) is 0 Å². The van der Waals surface area contributed by atoms with E-state index in [4.69, 9.17) is 0 Å². The maximum Gasteiger partial charge on any atom is 0.0334 e. The number of benzene rings is 7. The summed E-state index contributed by atoms with van der Waals surface area (Å²) in [6.45, 7) is 0. The van der Waals surface area contributed by atoms with Crippen LogP contribution in [0.2, 0.25) is 0 Å². The highest BCUT2D eigenvalue weighted by Crippen LogP contribution is 2.36. The lowest BCUT2D eigenvalue weighted by molar-refractivity contribution is 1.72. The van der Waals surface area contributed by atoms with Crippen LogP contribution in [0.4, 0.5) is 0 Å². The first kappa shape index (κ1) is 17.4. The molecule has 0 saturated heterocycles. The molecule has 0 aliphatic rings. The fourth-order valence-electron chi connectivity index (χ4n) is 5.16. The quantitative estimate of drug-likeness (QED) is 0.177. The molecule has 0 spiro atoms. The van der Waals surface area contributed by atoms with Crippen molar-refractivity contribution >= 4 is 53.9 Å². The van der Waals surface area contributed by atoms with E-state index < -0.39 is 0 Å². The number of hydrogen-bond donors (Lipinski definition) is 0. The molecule has 0 aromatic heterocycles. The van der Waals surface area contributed by atoms with Gasteiger partial charge < -0.3 is 0 Å². The minimum absolute atomic E-state index is 1.07. The fourth-order valence-corrected chi connectivity index (χ4v) is 5.16. The van der Waals surface area contributed by atoms with Crippen molar-refractivity contribution in [1.82, 2.24) is 0 Å². The van der Waals surface area contributed by atoms with Crippen LogP contribution < -0.4 is 0 Å². The molecule has 32 heavy (non-hydrogen) atoms. The Morgan fingerprint density at radius 2 is 0.875 bits per heavy atom. The first-order valence-corrected chi connectivity index (χ1v) is 11.0. The second-order valence-electron chi connectivity index (χ2n) is 8.41. The minimum Gasteiger partial charge on any atom is -0.0616 e. The van der Waals surface area contributed by atoms with E-state index >= 15 is 0 Å². The van der Waals surface area contributed by atoms with Crippen molar-refractivity contribution in [2.75, 3.05) is 0 Å². The predicted octanol–water partition coefficient (Wildman–Crippen LogP) is 8.29. The van der Waals surface area contributed by atoms with Gasteiger partial charge in [0.2, 0.25) is 0 Å². The van der Waals surface area contributed by atoms with Gasteiger partial charge in [-0.3, -0.25) is 0 Å². The smallest absolute Gasteiger partial charge is 0.0334 e. The summed E-state index contributed by atoms with van der Waals surface area (Å²) in [5.74, 6) is 7.09. The molecule has 7 aromatic rings. The molecule has 0 bridgehead atoms. The van der Waals surface area contributed by atoms with Crippen LogP contribution in [-0.4, -0.2) is 0 Å². The van der Waals surface area contributed by atoms with Gasteiger partial charge in [-0.25, -0.2) is 0 Å². The van der Waals surface area contributed by atoms with E-state index in [1.54, 1.807) is 0 Å². The highest BCUT2D eigenvalue weighted by atomic mass is 14.1. The Labute approximate surface area is 186 Å². The maximum atomic E-state index is 3.55. The van der Waals surface area contributed by atoms with Crippen molar-refractivity contribution in [3.63, 3.8) is 0 Å². The van der Waals surface area contributed by atoms with Crippen molar-refractivity contribution in [3.8, 4) is 11.8 Å². The lowest BCUT2D eigenvalue weighted by Gasteiger charge is -2.12. The monoisotopic (exact) mass is 402 g/mol. The second-order valence-corrected chi connectivity index (χ2v) is 8.41. The zero-order chi connectivity index (χ0) is 21.1. The van der Waals surface area contributed by atoms with Crippen molar-refractivity contribution in [2.24, 2.45) is 0 Å². The van der Waals surface area contributed by atoms with E-state index in [1.807, 2.05) is 0 Å². The first-order valence-electron chi connectivity index (χ1n) is 11.0. The molecule has 0 amide bonds. The van der Waals surface area contributed by atoms with E-state index in [0.29, 0.717) is 0 Å². The van der Waals surface area contributed by atoms with Crippen LogP contribution in [-0.2, 0) is 0 Å². The Kier molecular flexibility index (Phi) is 3.57. The van der Waals surface area contributed by atoms with Crippen molar-refractivity contribution in [2.45, 2.75) is 0 Å². The second kappa shape index (κ2) is 6.58. The molecule has 0 radical (unpaired) electrons. The summed E-state index contributed by atoms with van der Waals surface area (Å²) >= 11 is 0. The normalized spacial score (nSPS) is 11.5. The van der Waals surface area contributed by atoms with Gasteiger partial charge in [-0.1, -0.05) is 109 Å².